The van der Waals surface area contributed by atoms with Gasteiger partial charge in [0.1, 0.15) is 4.21 Å². The van der Waals surface area contributed by atoms with Gasteiger partial charge in [-0.25, -0.2) is 8.42 Å². The first-order valence-electron chi connectivity index (χ1n) is 3.56. The minimum absolute atomic E-state index is 0.199. The highest BCUT2D eigenvalue weighted by Crippen LogP contribution is 2.36. The van der Waals surface area contributed by atoms with E-state index in [-0.39, 0.29) is 10.1 Å². The van der Waals surface area contributed by atoms with Gasteiger partial charge >= 0.3 is 0 Å². The van der Waals surface area contributed by atoms with E-state index in [4.69, 9.17) is 10.7 Å². The zero-order valence-electron chi connectivity index (χ0n) is 7.04. The van der Waals surface area contributed by atoms with Crippen LogP contribution in [0.15, 0.2) is 14.1 Å². The molecule has 0 saturated carbocycles. The highest BCUT2D eigenvalue weighted by atomic mass is 79.9. The highest BCUT2D eigenvalue weighted by Gasteiger charge is 2.17. The second-order valence-corrected chi connectivity index (χ2v) is 8.05. The van der Waals surface area contributed by atoms with E-state index in [0.29, 0.717) is 0 Å². The van der Waals surface area contributed by atoms with E-state index in [1.165, 1.54) is 0 Å². The van der Waals surface area contributed by atoms with Crippen LogP contribution in [-0.4, -0.2) is 8.42 Å². The van der Waals surface area contributed by atoms with Crippen molar-refractivity contribution in [2.75, 3.05) is 0 Å². The Labute approximate surface area is 94.5 Å². The molecule has 0 aromatic carbocycles. The van der Waals surface area contributed by atoms with Gasteiger partial charge in [0.05, 0.1) is 3.79 Å². The zero-order valence-corrected chi connectivity index (χ0v) is 11.0. The molecule has 0 atom stereocenters. The third-order valence-corrected chi connectivity index (χ3v) is 5.51. The Bertz CT molecular complexity index is 408. The fraction of sp³-hybridized carbons (Fsp3) is 0.429. The molecule has 0 spiro atoms. The average Bonchev–Trinajstić information content (AvgIpc) is 2.29. The summed E-state index contributed by atoms with van der Waals surface area (Å²) in [5, 5.41) is 0. The van der Waals surface area contributed by atoms with Gasteiger partial charge < -0.3 is 0 Å². The van der Waals surface area contributed by atoms with Gasteiger partial charge in [-0.2, -0.15) is 0 Å². The molecule has 13 heavy (non-hydrogen) atoms. The van der Waals surface area contributed by atoms with Crippen LogP contribution in [0.2, 0.25) is 0 Å². The summed E-state index contributed by atoms with van der Waals surface area (Å²) in [6.07, 6.45) is 0. The lowest BCUT2D eigenvalue weighted by atomic mass is 10.1. The van der Waals surface area contributed by atoms with E-state index in [9.17, 15) is 8.42 Å². The molecule has 2 nitrogen and oxygen atoms in total. The monoisotopic (exact) mass is 302 g/mol. The molecule has 74 valence electrons. The lowest BCUT2D eigenvalue weighted by molar-refractivity contribution is 0.611. The van der Waals surface area contributed by atoms with Crippen LogP contribution < -0.4 is 0 Å². The van der Waals surface area contributed by atoms with Gasteiger partial charge in [0.2, 0.25) is 0 Å². The topological polar surface area (TPSA) is 34.1 Å². The lowest BCUT2D eigenvalue weighted by Gasteiger charge is -1.99. The smallest absolute Gasteiger partial charge is 0.206 e. The molecule has 0 amide bonds. The van der Waals surface area contributed by atoms with Crippen LogP contribution in [0.1, 0.15) is 25.3 Å². The fourth-order valence-electron chi connectivity index (χ4n) is 0.874. The molecule has 0 aliphatic rings. The minimum Gasteiger partial charge on any atom is -0.206 e. The van der Waals surface area contributed by atoms with E-state index < -0.39 is 9.05 Å². The molecule has 1 aromatic heterocycles. The van der Waals surface area contributed by atoms with Crippen molar-refractivity contribution in [3.05, 3.63) is 15.4 Å². The number of hydrogen-bond donors (Lipinski definition) is 0. The number of rotatable bonds is 2. The SMILES string of the molecule is CC(C)c1cc(S(=O)(=O)Cl)sc1Br. The average molecular weight is 304 g/mol. The van der Waals surface area contributed by atoms with E-state index in [0.717, 1.165) is 20.7 Å². The summed E-state index contributed by atoms with van der Waals surface area (Å²) in [5.74, 6) is 0.290. The standard InChI is InChI=1S/C7H8BrClO2S2/c1-4(2)5-3-6(12-7(5)8)13(9,10)11/h3-4H,1-2H3. The molecule has 0 bridgehead atoms. The van der Waals surface area contributed by atoms with Crippen LogP contribution in [0.5, 0.6) is 0 Å². The first kappa shape index (κ1) is 11.5. The second kappa shape index (κ2) is 3.88. The maximum absolute atomic E-state index is 11.0. The molecule has 6 heteroatoms. The predicted octanol–water partition coefficient (Wildman–Crippen LogP) is 3.56. The molecule has 1 heterocycles. The summed E-state index contributed by atoms with van der Waals surface area (Å²) in [7, 11) is 1.63. The first-order chi connectivity index (χ1) is 5.82. The van der Waals surface area contributed by atoms with Gasteiger partial charge in [0.25, 0.3) is 9.05 Å². The van der Waals surface area contributed by atoms with E-state index in [2.05, 4.69) is 15.9 Å². The quantitative estimate of drug-likeness (QED) is 0.783. The summed E-state index contributed by atoms with van der Waals surface area (Å²) >= 11 is 4.45. The van der Waals surface area contributed by atoms with Gasteiger partial charge in [-0.05, 0) is 33.5 Å². The fourth-order valence-corrected chi connectivity index (χ4v) is 4.40. The Kier molecular flexibility index (Phi) is 3.43. The third-order valence-electron chi connectivity index (χ3n) is 1.55. The second-order valence-electron chi connectivity index (χ2n) is 2.89. The van der Waals surface area contributed by atoms with Gasteiger partial charge in [-0.3, -0.25) is 0 Å². The van der Waals surface area contributed by atoms with E-state index in [1.54, 1.807) is 6.07 Å². The molecule has 0 radical (unpaired) electrons. The number of hydrogen-bond acceptors (Lipinski definition) is 3. The maximum atomic E-state index is 11.0. The number of thiophene rings is 1. The minimum atomic E-state index is -3.58. The van der Waals surface area contributed by atoms with Crippen LogP contribution >= 0.6 is 37.9 Å². The molecule has 0 aliphatic carbocycles. The Morgan fingerprint density at radius 3 is 2.31 bits per heavy atom. The Hall–Kier alpha value is 0.420. The summed E-state index contributed by atoms with van der Waals surface area (Å²) in [4.78, 5) is 0. The Morgan fingerprint density at radius 2 is 2.08 bits per heavy atom. The predicted molar refractivity (Wildman–Crippen MR) is 59.1 cm³/mol. The first-order valence-corrected chi connectivity index (χ1v) is 7.48. The van der Waals surface area contributed by atoms with Crippen molar-refractivity contribution in [3.63, 3.8) is 0 Å². The summed E-state index contributed by atoms with van der Waals surface area (Å²) in [5.41, 5.74) is 0.976. The van der Waals surface area contributed by atoms with Gasteiger partial charge in [0, 0.05) is 10.7 Å². The molecule has 0 unspecified atom stereocenters. The van der Waals surface area contributed by atoms with Gasteiger partial charge in [0.15, 0.2) is 0 Å². The summed E-state index contributed by atoms with van der Waals surface area (Å²) in [6, 6.07) is 1.61. The normalized spacial score (nSPS) is 12.4. The van der Waals surface area contributed by atoms with Crippen molar-refractivity contribution in [2.45, 2.75) is 24.0 Å². The molecule has 1 rings (SSSR count). The van der Waals surface area contributed by atoms with Crippen molar-refractivity contribution in [3.8, 4) is 0 Å². The molecule has 0 fully saturated rings. The van der Waals surface area contributed by atoms with Crippen LogP contribution in [0, 0.1) is 0 Å². The third kappa shape index (κ3) is 2.68. The van der Waals surface area contributed by atoms with Crippen LogP contribution in [0.25, 0.3) is 0 Å². The maximum Gasteiger partial charge on any atom is 0.270 e. The molecular weight excluding hydrogens is 296 g/mol. The van der Waals surface area contributed by atoms with E-state index >= 15 is 0 Å². The van der Waals surface area contributed by atoms with Gasteiger partial charge in [-0.1, -0.05) is 13.8 Å². The van der Waals surface area contributed by atoms with E-state index in [1.807, 2.05) is 13.8 Å². The van der Waals surface area contributed by atoms with Crippen LogP contribution in [-0.2, 0) is 9.05 Å². The lowest BCUT2D eigenvalue weighted by Crippen LogP contribution is -1.86. The van der Waals surface area contributed by atoms with Crippen molar-refractivity contribution in [1.29, 1.82) is 0 Å². The molecule has 0 saturated heterocycles. The zero-order chi connectivity index (χ0) is 10.2. The van der Waals surface area contributed by atoms with Crippen molar-refractivity contribution in [2.24, 2.45) is 0 Å². The van der Waals surface area contributed by atoms with Crippen molar-refractivity contribution < 1.29 is 8.42 Å². The summed E-state index contributed by atoms with van der Waals surface area (Å²) < 4.78 is 23.0. The molecule has 0 N–H and O–H groups in total. The Balaban J connectivity index is 3.25. The van der Waals surface area contributed by atoms with Crippen molar-refractivity contribution in [1.82, 2.24) is 0 Å². The summed E-state index contributed by atoms with van der Waals surface area (Å²) in [6.45, 7) is 3.99. The van der Waals surface area contributed by atoms with Crippen molar-refractivity contribution >= 4 is 47.0 Å². The molecule has 1 aromatic rings. The number of halogens is 2. The van der Waals surface area contributed by atoms with Gasteiger partial charge in [-0.15, -0.1) is 11.3 Å². The van der Waals surface area contributed by atoms with Crippen LogP contribution in [0.3, 0.4) is 0 Å². The van der Waals surface area contributed by atoms with Crippen LogP contribution in [0.4, 0.5) is 0 Å². The molecular formula is C7H8BrClO2S2. The molecule has 0 aliphatic heterocycles. The largest absolute Gasteiger partial charge is 0.270 e. The highest BCUT2D eigenvalue weighted by molar-refractivity contribution is 9.11. The Morgan fingerprint density at radius 1 is 1.54 bits per heavy atom.